The van der Waals surface area contributed by atoms with Gasteiger partial charge in [0, 0.05) is 18.8 Å². The highest BCUT2D eigenvalue weighted by Crippen LogP contribution is 2.30. The van der Waals surface area contributed by atoms with Gasteiger partial charge in [-0.3, -0.25) is 0 Å². The van der Waals surface area contributed by atoms with Gasteiger partial charge in [0.05, 0.1) is 11.9 Å². The Labute approximate surface area is 144 Å². The average Bonchev–Trinajstić information content (AvgIpc) is 3.03. The molecule has 0 amide bonds. The Hall–Kier alpha value is -1.87. The molecular formula is C16H20F3N3O2S. The topological polar surface area (TPSA) is 64.0 Å². The fraction of sp³-hybridized carbons (Fsp3) is 0.438. The van der Waals surface area contributed by atoms with Gasteiger partial charge in [-0.1, -0.05) is 13.0 Å². The molecule has 25 heavy (non-hydrogen) atoms. The van der Waals surface area contributed by atoms with Crippen molar-refractivity contribution in [1.29, 1.82) is 0 Å². The van der Waals surface area contributed by atoms with Gasteiger partial charge in [0.25, 0.3) is 10.0 Å². The Morgan fingerprint density at radius 3 is 2.56 bits per heavy atom. The van der Waals surface area contributed by atoms with E-state index in [0.717, 1.165) is 18.6 Å². The van der Waals surface area contributed by atoms with Crippen LogP contribution in [0.2, 0.25) is 0 Å². The Bertz CT molecular complexity index is 845. The molecule has 0 fully saturated rings. The smallest absolute Gasteiger partial charge is 0.333 e. The van der Waals surface area contributed by atoms with Crippen molar-refractivity contribution in [3.05, 3.63) is 47.4 Å². The summed E-state index contributed by atoms with van der Waals surface area (Å²) < 4.78 is 66.7. The van der Waals surface area contributed by atoms with Crippen molar-refractivity contribution in [3.63, 3.8) is 0 Å². The molecule has 0 saturated carbocycles. The zero-order valence-electron chi connectivity index (χ0n) is 14.1. The molecule has 1 aromatic carbocycles. The minimum absolute atomic E-state index is 0.109. The molecule has 1 N–H and O–H groups in total. The molecule has 1 aromatic heterocycles. The van der Waals surface area contributed by atoms with Gasteiger partial charge in [0.2, 0.25) is 0 Å². The van der Waals surface area contributed by atoms with E-state index in [9.17, 15) is 21.6 Å². The van der Waals surface area contributed by atoms with Gasteiger partial charge in [0.1, 0.15) is 0 Å². The van der Waals surface area contributed by atoms with E-state index < -0.39 is 21.8 Å². The van der Waals surface area contributed by atoms with Gasteiger partial charge in [-0.2, -0.15) is 13.2 Å². The highest BCUT2D eigenvalue weighted by atomic mass is 32.2. The SMILES string of the molecule is CCC(C)n1cnc(S(=O)(=O)NCc2ccc(C(F)(F)F)cc2C)c1. The van der Waals surface area contributed by atoms with Gasteiger partial charge in [-0.15, -0.1) is 0 Å². The molecule has 2 aromatic rings. The van der Waals surface area contributed by atoms with E-state index >= 15 is 0 Å². The maximum atomic E-state index is 12.7. The molecule has 5 nitrogen and oxygen atoms in total. The fourth-order valence-corrected chi connectivity index (χ4v) is 3.17. The lowest BCUT2D eigenvalue weighted by Gasteiger charge is -2.12. The molecule has 9 heteroatoms. The molecule has 0 spiro atoms. The van der Waals surface area contributed by atoms with Gasteiger partial charge < -0.3 is 4.57 Å². The maximum Gasteiger partial charge on any atom is 0.416 e. The largest absolute Gasteiger partial charge is 0.416 e. The van der Waals surface area contributed by atoms with Crippen LogP contribution in [-0.2, 0) is 22.7 Å². The molecule has 1 unspecified atom stereocenters. The number of aromatic nitrogens is 2. The lowest BCUT2D eigenvalue weighted by atomic mass is 10.1. The number of aryl methyl sites for hydroxylation is 1. The second-order valence-electron chi connectivity index (χ2n) is 5.88. The molecule has 0 aliphatic rings. The first-order chi connectivity index (χ1) is 11.5. The summed E-state index contributed by atoms with van der Waals surface area (Å²) in [7, 11) is -3.84. The Morgan fingerprint density at radius 2 is 2.00 bits per heavy atom. The first-order valence-electron chi connectivity index (χ1n) is 7.74. The van der Waals surface area contributed by atoms with E-state index in [2.05, 4.69) is 9.71 Å². The van der Waals surface area contributed by atoms with Crippen LogP contribution >= 0.6 is 0 Å². The number of imidazole rings is 1. The van der Waals surface area contributed by atoms with E-state index in [4.69, 9.17) is 0 Å². The van der Waals surface area contributed by atoms with Crippen LogP contribution in [0.25, 0.3) is 0 Å². The summed E-state index contributed by atoms with van der Waals surface area (Å²) >= 11 is 0. The molecule has 1 heterocycles. The standard InChI is InChI=1S/C16H20F3N3O2S/c1-4-12(3)22-9-15(20-10-22)25(23,24)21-8-13-5-6-14(7-11(13)2)16(17,18)19/h5-7,9-10,12,21H,4,8H2,1-3H3. The lowest BCUT2D eigenvalue weighted by molar-refractivity contribution is -0.137. The van der Waals surface area contributed by atoms with Crippen LogP contribution in [-0.4, -0.2) is 18.0 Å². The lowest BCUT2D eigenvalue weighted by Crippen LogP contribution is -2.24. The van der Waals surface area contributed by atoms with E-state index in [1.165, 1.54) is 25.5 Å². The summed E-state index contributed by atoms with van der Waals surface area (Å²) in [6, 6.07) is 3.34. The van der Waals surface area contributed by atoms with Crippen LogP contribution in [0.5, 0.6) is 0 Å². The first-order valence-corrected chi connectivity index (χ1v) is 9.22. The van der Waals surface area contributed by atoms with Crippen LogP contribution in [0.1, 0.15) is 43.0 Å². The number of alkyl halides is 3. The predicted molar refractivity (Wildman–Crippen MR) is 87.4 cm³/mol. The van der Waals surface area contributed by atoms with Gasteiger partial charge in [-0.25, -0.2) is 18.1 Å². The van der Waals surface area contributed by atoms with E-state index in [1.807, 2.05) is 13.8 Å². The molecule has 2 rings (SSSR count). The van der Waals surface area contributed by atoms with Crippen LogP contribution in [0.4, 0.5) is 13.2 Å². The van der Waals surface area contributed by atoms with Crippen molar-refractivity contribution in [3.8, 4) is 0 Å². The number of nitrogens with one attached hydrogen (secondary N) is 1. The third-order valence-corrected chi connectivity index (χ3v) is 5.36. The van der Waals surface area contributed by atoms with E-state index in [0.29, 0.717) is 11.1 Å². The zero-order valence-corrected chi connectivity index (χ0v) is 14.9. The van der Waals surface area contributed by atoms with Crippen LogP contribution in [0, 0.1) is 6.92 Å². The highest BCUT2D eigenvalue weighted by Gasteiger charge is 2.30. The molecule has 0 aliphatic carbocycles. The van der Waals surface area contributed by atoms with Crippen LogP contribution < -0.4 is 4.72 Å². The molecular weight excluding hydrogens is 355 g/mol. The minimum atomic E-state index is -4.43. The summed E-state index contributed by atoms with van der Waals surface area (Å²) in [6.45, 7) is 5.32. The van der Waals surface area contributed by atoms with Gasteiger partial charge in [-0.05, 0) is 43.5 Å². The van der Waals surface area contributed by atoms with Crippen LogP contribution in [0.15, 0.2) is 35.7 Å². The molecule has 0 aliphatic heterocycles. The minimum Gasteiger partial charge on any atom is -0.333 e. The Balaban J connectivity index is 2.13. The zero-order chi connectivity index (χ0) is 18.8. The summed E-state index contributed by atoms with van der Waals surface area (Å²) in [6.07, 6.45) is -0.707. The van der Waals surface area contributed by atoms with E-state index in [-0.39, 0.29) is 17.6 Å². The monoisotopic (exact) mass is 375 g/mol. The van der Waals surface area contributed by atoms with Gasteiger partial charge in [0.15, 0.2) is 5.03 Å². The Kier molecular flexibility index (Phi) is 5.58. The number of benzene rings is 1. The third kappa shape index (κ3) is 4.60. The van der Waals surface area contributed by atoms with Gasteiger partial charge >= 0.3 is 6.18 Å². The molecule has 0 bridgehead atoms. The van der Waals surface area contributed by atoms with Crippen molar-refractivity contribution < 1.29 is 21.6 Å². The summed E-state index contributed by atoms with van der Waals surface area (Å²) in [4.78, 5) is 3.90. The maximum absolute atomic E-state index is 12.7. The van der Waals surface area contributed by atoms with Crippen molar-refractivity contribution >= 4 is 10.0 Å². The second kappa shape index (κ2) is 7.17. The summed E-state index contributed by atoms with van der Waals surface area (Å²) in [5.74, 6) is 0. The average molecular weight is 375 g/mol. The first kappa shape index (κ1) is 19.5. The highest BCUT2D eigenvalue weighted by molar-refractivity contribution is 7.89. The van der Waals surface area contributed by atoms with Crippen molar-refractivity contribution in [1.82, 2.24) is 14.3 Å². The molecule has 1 atom stereocenters. The second-order valence-corrected chi connectivity index (χ2v) is 7.59. The third-order valence-electron chi connectivity index (χ3n) is 4.08. The number of halogens is 3. The normalized spacial score (nSPS) is 13.8. The van der Waals surface area contributed by atoms with Crippen molar-refractivity contribution in [2.75, 3.05) is 0 Å². The molecule has 0 saturated heterocycles. The van der Waals surface area contributed by atoms with Crippen LogP contribution in [0.3, 0.4) is 0 Å². The number of hydrogen-bond acceptors (Lipinski definition) is 3. The van der Waals surface area contributed by atoms with E-state index in [1.54, 1.807) is 4.57 Å². The Morgan fingerprint density at radius 1 is 1.32 bits per heavy atom. The number of sulfonamides is 1. The van der Waals surface area contributed by atoms with Crippen molar-refractivity contribution in [2.45, 2.75) is 51.0 Å². The number of nitrogens with zero attached hydrogens (tertiary/aromatic N) is 2. The molecule has 0 radical (unpaired) electrons. The predicted octanol–water partition coefficient (Wildman–Crippen LogP) is 3.66. The number of hydrogen-bond donors (Lipinski definition) is 1. The fourth-order valence-electron chi connectivity index (χ4n) is 2.23. The number of rotatable bonds is 6. The molecule has 138 valence electrons. The van der Waals surface area contributed by atoms with Crippen molar-refractivity contribution in [2.24, 2.45) is 0 Å². The quantitative estimate of drug-likeness (QED) is 0.838. The summed E-state index contributed by atoms with van der Waals surface area (Å²) in [5.41, 5.74) is 0.0736. The summed E-state index contributed by atoms with van der Waals surface area (Å²) in [5, 5.41) is -0.114.